The number of carbonyl (C=O) groups is 4. The second kappa shape index (κ2) is 17.5. The smallest absolute Gasteiger partial charge is 0.306 e. The summed E-state index contributed by atoms with van der Waals surface area (Å²) in [6.45, 7) is 11.9. The average Bonchev–Trinajstić information content (AvgIpc) is 3.33. The van der Waals surface area contributed by atoms with Gasteiger partial charge in [-0.05, 0) is 38.5 Å². The van der Waals surface area contributed by atoms with Gasteiger partial charge in [0.05, 0.1) is 32.3 Å². The molecule has 8 nitrogen and oxygen atoms in total. The van der Waals surface area contributed by atoms with Gasteiger partial charge >= 0.3 is 23.9 Å². The number of hydrogen-bond acceptors (Lipinski definition) is 8. The number of carbonyl (C=O) groups excluding carboxylic acids is 4. The molecule has 3 unspecified atom stereocenters. The molecule has 0 aliphatic carbocycles. The van der Waals surface area contributed by atoms with Crippen LogP contribution in [-0.4, -0.2) is 49.8 Å². The first-order valence-electron chi connectivity index (χ1n) is 11.4. The Balaban J connectivity index is 0.000000377. The molecule has 0 amide bonds. The molecular weight excluding hydrogens is 404 g/mol. The van der Waals surface area contributed by atoms with Crippen LogP contribution in [0.2, 0.25) is 0 Å². The lowest BCUT2D eigenvalue weighted by Crippen LogP contribution is -2.18. The van der Waals surface area contributed by atoms with Gasteiger partial charge < -0.3 is 18.9 Å². The number of hydrogen-bond donors (Lipinski definition) is 0. The molecule has 4 aliphatic rings. The molecule has 0 N–H and O–H groups in total. The van der Waals surface area contributed by atoms with Gasteiger partial charge in [0.2, 0.25) is 0 Å². The summed E-state index contributed by atoms with van der Waals surface area (Å²) in [5, 5.41) is 0. The molecule has 0 bridgehead atoms. The largest absolute Gasteiger partial charge is 0.466 e. The summed E-state index contributed by atoms with van der Waals surface area (Å²) in [6.07, 6.45) is 6.59. The second-order valence-electron chi connectivity index (χ2n) is 7.84. The molecule has 0 saturated carbocycles. The summed E-state index contributed by atoms with van der Waals surface area (Å²) in [7, 11) is 0. The van der Waals surface area contributed by atoms with Crippen molar-refractivity contribution in [1.82, 2.24) is 0 Å². The fourth-order valence-corrected chi connectivity index (χ4v) is 2.69. The van der Waals surface area contributed by atoms with Crippen LogP contribution in [0.1, 0.15) is 86.0 Å². The Labute approximate surface area is 186 Å². The maximum Gasteiger partial charge on any atom is 0.306 e. The predicted molar refractivity (Wildman–Crippen MR) is 115 cm³/mol. The van der Waals surface area contributed by atoms with E-state index in [1.165, 1.54) is 0 Å². The van der Waals surface area contributed by atoms with Crippen LogP contribution in [0.5, 0.6) is 0 Å². The van der Waals surface area contributed by atoms with Crippen molar-refractivity contribution in [3.8, 4) is 0 Å². The van der Waals surface area contributed by atoms with Crippen molar-refractivity contribution < 1.29 is 38.1 Å². The Hall–Kier alpha value is -2.12. The van der Waals surface area contributed by atoms with E-state index in [9.17, 15) is 19.2 Å². The first-order chi connectivity index (χ1) is 14.8. The van der Waals surface area contributed by atoms with E-state index in [2.05, 4.69) is 16.4 Å². The third-order valence-corrected chi connectivity index (χ3v) is 4.54. The van der Waals surface area contributed by atoms with Gasteiger partial charge in [0.25, 0.3) is 0 Å². The van der Waals surface area contributed by atoms with Gasteiger partial charge in [-0.25, -0.2) is 0 Å². The molecule has 180 valence electrons. The Bertz CT molecular complexity index is 493. The first-order valence-corrected chi connectivity index (χ1v) is 11.4. The van der Waals surface area contributed by atoms with Gasteiger partial charge in [-0.15, -0.1) is 0 Å². The zero-order valence-electron chi connectivity index (χ0n) is 19.8. The number of esters is 4. The van der Waals surface area contributed by atoms with E-state index < -0.39 is 0 Å². The van der Waals surface area contributed by atoms with Crippen molar-refractivity contribution in [1.29, 1.82) is 0 Å². The van der Waals surface area contributed by atoms with Crippen molar-refractivity contribution in [2.75, 3.05) is 19.8 Å². The molecule has 0 aromatic rings. The summed E-state index contributed by atoms with van der Waals surface area (Å²) in [5.74, 6) is 0.856. The monoisotopic (exact) mass is 444 g/mol. The van der Waals surface area contributed by atoms with Crippen LogP contribution in [0.15, 0.2) is 0 Å². The number of cyclic esters (lactones) is 4. The van der Waals surface area contributed by atoms with Gasteiger partial charge in [0, 0.05) is 25.2 Å². The third kappa shape index (κ3) is 16.3. The van der Waals surface area contributed by atoms with Gasteiger partial charge in [0.1, 0.15) is 0 Å². The van der Waals surface area contributed by atoms with Crippen molar-refractivity contribution in [3.05, 3.63) is 0 Å². The standard InChI is InChI=1S/C6H10O2.3C5H8O2.C2H6/c1-5-2-3-6(7)8-4-5;1-4-2-5(6)7-3-4;1-4-2-3-5(6)7-4;6-5-3-1-2-4-7-5;1-2/h5H,2-4H2,1H3;2*4H,2-3H2,1H3;1-4H2;1-2H3. The molecule has 4 aliphatic heterocycles. The Kier molecular flexibility index (Phi) is 16.3. The van der Waals surface area contributed by atoms with Crippen LogP contribution in [-0.2, 0) is 38.1 Å². The van der Waals surface area contributed by atoms with Crippen molar-refractivity contribution in [3.63, 3.8) is 0 Å². The van der Waals surface area contributed by atoms with Crippen LogP contribution in [0.4, 0.5) is 0 Å². The highest BCUT2D eigenvalue weighted by Gasteiger charge is 2.18. The number of rotatable bonds is 0. The van der Waals surface area contributed by atoms with Gasteiger partial charge in [-0.2, -0.15) is 0 Å². The molecule has 0 aromatic carbocycles. The highest BCUT2D eigenvalue weighted by atomic mass is 16.6. The van der Waals surface area contributed by atoms with Crippen LogP contribution in [0, 0.1) is 11.8 Å². The van der Waals surface area contributed by atoms with Gasteiger partial charge in [0.15, 0.2) is 0 Å². The molecule has 0 spiro atoms. The summed E-state index contributed by atoms with van der Waals surface area (Å²) in [4.78, 5) is 41.1. The van der Waals surface area contributed by atoms with E-state index in [-0.39, 0.29) is 30.0 Å². The first kappa shape index (κ1) is 28.9. The summed E-state index contributed by atoms with van der Waals surface area (Å²) >= 11 is 0. The van der Waals surface area contributed by atoms with Crippen molar-refractivity contribution >= 4 is 23.9 Å². The average molecular weight is 445 g/mol. The van der Waals surface area contributed by atoms with Gasteiger partial charge in [-0.1, -0.05) is 27.7 Å². The second-order valence-corrected chi connectivity index (χ2v) is 7.84. The minimum atomic E-state index is -0.0486. The maximum atomic E-state index is 10.4. The number of ether oxygens (including phenoxy) is 4. The third-order valence-electron chi connectivity index (χ3n) is 4.54. The molecule has 4 rings (SSSR count). The Morgan fingerprint density at radius 1 is 0.645 bits per heavy atom. The molecule has 31 heavy (non-hydrogen) atoms. The van der Waals surface area contributed by atoms with Crippen LogP contribution < -0.4 is 0 Å². The van der Waals surface area contributed by atoms with E-state index in [1.807, 2.05) is 27.7 Å². The highest BCUT2D eigenvalue weighted by molar-refractivity contribution is 5.71. The van der Waals surface area contributed by atoms with Crippen LogP contribution in [0.25, 0.3) is 0 Å². The lowest BCUT2D eigenvalue weighted by atomic mass is 10.1. The van der Waals surface area contributed by atoms with E-state index in [4.69, 9.17) is 9.47 Å². The normalized spacial score (nSPS) is 26.4. The molecule has 0 aromatic heterocycles. The topological polar surface area (TPSA) is 105 Å². The molecule has 3 atom stereocenters. The van der Waals surface area contributed by atoms with Crippen molar-refractivity contribution in [2.24, 2.45) is 11.8 Å². The SMILES string of the molecule is CC.CC1CCC(=O)O1.CC1CCC(=O)OC1.CC1COC(=O)C1.O=C1CCCCO1. The summed E-state index contributed by atoms with van der Waals surface area (Å²) in [6, 6.07) is 0. The summed E-state index contributed by atoms with van der Waals surface area (Å²) < 4.78 is 18.7. The Morgan fingerprint density at radius 3 is 1.45 bits per heavy atom. The fraction of sp³-hybridized carbons (Fsp3) is 0.826. The zero-order chi connectivity index (χ0) is 23.6. The van der Waals surface area contributed by atoms with E-state index in [0.717, 1.165) is 25.7 Å². The molecular formula is C23H40O8. The molecule has 0 radical (unpaired) electrons. The van der Waals surface area contributed by atoms with Crippen LogP contribution in [0.3, 0.4) is 0 Å². The highest BCUT2D eigenvalue weighted by Crippen LogP contribution is 2.13. The molecule has 8 heteroatoms. The van der Waals surface area contributed by atoms with Gasteiger partial charge in [-0.3, -0.25) is 19.2 Å². The van der Waals surface area contributed by atoms with Crippen LogP contribution >= 0.6 is 0 Å². The zero-order valence-corrected chi connectivity index (χ0v) is 19.8. The minimum absolute atomic E-state index is 0.0359. The molecule has 4 saturated heterocycles. The molecule has 4 heterocycles. The quantitative estimate of drug-likeness (QED) is 0.408. The summed E-state index contributed by atoms with van der Waals surface area (Å²) in [5.41, 5.74) is 0. The van der Waals surface area contributed by atoms with Crippen molar-refractivity contribution in [2.45, 2.75) is 92.1 Å². The minimum Gasteiger partial charge on any atom is -0.466 e. The maximum absolute atomic E-state index is 10.4. The Morgan fingerprint density at radius 2 is 1.23 bits per heavy atom. The molecule has 4 fully saturated rings. The fourth-order valence-electron chi connectivity index (χ4n) is 2.69. The lowest BCUT2D eigenvalue weighted by Gasteiger charge is -2.16. The van der Waals surface area contributed by atoms with E-state index in [0.29, 0.717) is 57.3 Å². The van der Waals surface area contributed by atoms with E-state index >= 15 is 0 Å². The van der Waals surface area contributed by atoms with E-state index in [1.54, 1.807) is 0 Å². The predicted octanol–water partition coefficient (Wildman–Crippen LogP) is 3.98. The lowest BCUT2D eigenvalue weighted by molar-refractivity contribution is -0.149.